The first-order valence-electron chi connectivity index (χ1n) is 9.77. The highest BCUT2D eigenvalue weighted by Gasteiger charge is 2.06. The number of benzene rings is 1. The maximum atomic E-state index is 13.3. The van der Waals surface area contributed by atoms with Crippen LogP contribution in [0, 0.1) is 12.7 Å². The van der Waals surface area contributed by atoms with Crippen LogP contribution in [0.2, 0.25) is 0 Å². The molecule has 0 atom stereocenters. The lowest BCUT2D eigenvalue weighted by Crippen LogP contribution is -2.39. The van der Waals surface area contributed by atoms with Crippen molar-refractivity contribution in [3.8, 4) is 0 Å². The summed E-state index contributed by atoms with van der Waals surface area (Å²) in [4.78, 5) is 12.1. The minimum Gasteiger partial charge on any atom is -0.361 e. The number of aryl methyl sites for hydroxylation is 1. The van der Waals surface area contributed by atoms with E-state index in [1.165, 1.54) is 17.7 Å². The van der Waals surface area contributed by atoms with Gasteiger partial charge in [-0.3, -0.25) is 4.99 Å². The van der Waals surface area contributed by atoms with E-state index < -0.39 is 0 Å². The van der Waals surface area contributed by atoms with Gasteiger partial charge in [-0.15, -0.1) is 0 Å². The van der Waals surface area contributed by atoms with E-state index >= 15 is 0 Å². The van der Waals surface area contributed by atoms with E-state index in [2.05, 4.69) is 44.2 Å². The highest BCUT2D eigenvalue weighted by atomic mass is 19.1. The first-order chi connectivity index (χ1) is 14.1. The van der Waals surface area contributed by atoms with Crippen molar-refractivity contribution in [2.75, 3.05) is 20.1 Å². The average Bonchev–Trinajstić information content (AvgIpc) is 3.31. The quantitative estimate of drug-likeness (QED) is 0.349. The van der Waals surface area contributed by atoms with Crippen LogP contribution in [0.5, 0.6) is 0 Å². The third-order valence-electron chi connectivity index (χ3n) is 5.04. The van der Waals surface area contributed by atoms with Gasteiger partial charge < -0.3 is 20.0 Å². The Morgan fingerprint density at radius 2 is 2.03 bits per heavy atom. The van der Waals surface area contributed by atoms with Crippen LogP contribution in [0.4, 0.5) is 4.39 Å². The van der Waals surface area contributed by atoms with Crippen LogP contribution in [-0.2, 0) is 12.8 Å². The number of halogens is 1. The van der Waals surface area contributed by atoms with Crippen LogP contribution in [0.25, 0.3) is 16.6 Å². The molecule has 3 N–H and O–H groups in total. The zero-order chi connectivity index (χ0) is 20.2. The van der Waals surface area contributed by atoms with Gasteiger partial charge in [0.25, 0.3) is 0 Å². The van der Waals surface area contributed by atoms with E-state index in [9.17, 15) is 4.39 Å². The molecule has 1 aromatic carbocycles. The summed E-state index contributed by atoms with van der Waals surface area (Å²) in [5.74, 6) is 0.533. The fourth-order valence-electron chi connectivity index (χ4n) is 3.54. The molecule has 3 heterocycles. The summed E-state index contributed by atoms with van der Waals surface area (Å²) in [6.07, 6.45) is 7.66. The molecule has 4 rings (SSSR count). The molecule has 150 valence electrons. The number of fused-ring (bicyclic) bond motifs is 2. The zero-order valence-electron chi connectivity index (χ0n) is 16.7. The van der Waals surface area contributed by atoms with Gasteiger partial charge in [0.1, 0.15) is 11.5 Å². The van der Waals surface area contributed by atoms with Gasteiger partial charge in [-0.1, -0.05) is 6.07 Å². The van der Waals surface area contributed by atoms with Gasteiger partial charge in [0.2, 0.25) is 0 Å². The topological polar surface area (TPSA) is 69.5 Å². The number of pyridine rings is 1. The molecular weight excluding hydrogens is 367 g/mol. The Kier molecular flexibility index (Phi) is 5.46. The molecule has 0 fully saturated rings. The summed E-state index contributed by atoms with van der Waals surface area (Å²) in [6.45, 7) is 3.55. The molecule has 0 spiro atoms. The van der Waals surface area contributed by atoms with Gasteiger partial charge in [-0.2, -0.15) is 0 Å². The van der Waals surface area contributed by atoms with Crippen molar-refractivity contribution in [3.63, 3.8) is 0 Å². The predicted molar refractivity (Wildman–Crippen MR) is 115 cm³/mol. The minimum absolute atomic E-state index is 0.227. The summed E-state index contributed by atoms with van der Waals surface area (Å²) in [6, 6.07) is 8.93. The molecule has 0 unspecified atom stereocenters. The Balaban J connectivity index is 1.27. The molecule has 7 heteroatoms. The smallest absolute Gasteiger partial charge is 0.190 e. The number of hydrogen-bond acceptors (Lipinski definition) is 2. The molecule has 6 nitrogen and oxygen atoms in total. The van der Waals surface area contributed by atoms with Crippen molar-refractivity contribution in [3.05, 3.63) is 71.6 Å². The van der Waals surface area contributed by atoms with Crippen molar-refractivity contribution in [1.82, 2.24) is 25.0 Å². The number of guanidine groups is 1. The van der Waals surface area contributed by atoms with Crippen LogP contribution in [0.15, 0.2) is 53.9 Å². The van der Waals surface area contributed by atoms with E-state index in [0.717, 1.165) is 59.7 Å². The maximum Gasteiger partial charge on any atom is 0.190 e. The van der Waals surface area contributed by atoms with Crippen molar-refractivity contribution < 1.29 is 4.39 Å². The number of nitrogens with zero attached hydrogens (tertiary/aromatic N) is 3. The predicted octanol–water partition coefficient (Wildman–Crippen LogP) is 3.21. The molecule has 29 heavy (non-hydrogen) atoms. The SMILES string of the molecule is CN=C(NCCc1cn2cccc(C)c2n1)NCCc1c[nH]c2cc(F)ccc12. The first kappa shape index (κ1) is 19.0. The second-order valence-corrected chi connectivity index (χ2v) is 7.08. The minimum atomic E-state index is -0.227. The first-order valence-corrected chi connectivity index (χ1v) is 9.77. The average molecular weight is 392 g/mol. The fourth-order valence-corrected chi connectivity index (χ4v) is 3.54. The lowest BCUT2D eigenvalue weighted by Gasteiger charge is -2.11. The van der Waals surface area contributed by atoms with Gasteiger partial charge in [0.05, 0.1) is 5.69 Å². The number of rotatable bonds is 6. The largest absolute Gasteiger partial charge is 0.361 e. The standard InChI is InChI=1S/C22H25FN6/c1-15-4-3-11-29-14-18(28-21(15)29)8-10-26-22(24-2)25-9-7-16-13-27-20-12-17(23)5-6-19(16)20/h3-6,11-14,27H,7-10H2,1-2H3,(H2,24,25,26). The Hall–Kier alpha value is -3.35. The van der Waals surface area contributed by atoms with Crippen molar-refractivity contribution in [1.29, 1.82) is 0 Å². The molecule has 0 saturated carbocycles. The van der Waals surface area contributed by atoms with Gasteiger partial charge >= 0.3 is 0 Å². The Bertz CT molecular complexity index is 1160. The maximum absolute atomic E-state index is 13.3. The van der Waals surface area contributed by atoms with E-state index in [0.29, 0.717) is 0 Å². The monoisotopic (exact) mass is 392 g/mol. The molecule has 0 aliphatic rings. The Labute approximate surface area is 168 Å². The van der Waals surface area contributed by atoms with Crippen molar-refractivity contribution in [2.45, 2.75) is 19.8 Å². The van der Waals surface area contributed by atoms with Gasteiger partial charge in [0.15, 0.2) is 5.96 Å². The zero-order valence-corrected chi connectivity index (χ0v) is 16.7. The number of aromatic amines is 1. The molecular formula is C22H25FN6. The number of imidazole rings is 1. The van der Waals surface area contributed by atoms with E-state index in [1.807, 2.05) is 24.5 Å². The number of hydrogen-bond donors (Lipinski definition) is 3. The molecule has 0 amide bonds. The summed E-state index contributed by atoms with van der Waals surface area (Å²) in [5, 5.41) is 7.72. The third-order valence-corrected chi connectivity index (χ3v) is 5.04. The molecule has 3 aromatic heterocycles. The van der Waals surface area contributed by atoms with Crippen LogP contribution in [0.1, 0.15) is 16.8 Å². The number of aromatic nitrogens is 3. The van der Waals surface area contributed by atoms with Gasteiger partial charge in [-0.25, -0.2) is 9.37 Å². The van der Waals surface area contributed by atoms with Crippen LogP contribution >= 0.6 is 0 Å². The highest BCUT2D eigenvalue weighted by molar-refractivity contribution is 5.83. The normalized spacial score (nSPS) is 12.0. The van der Waals surface area contributed by atoms with Gasteiger partial charge in [-0.05, 0) is 48.7 Å². The second-order valence-electron chi connectivity index (χ2n) is 7.08. The summed E-state index contributed by atoms with van der Waals surface area (Å²) >= 11 is 0. The molecule has 0 bridgehead atoms. The second kappa shape index (κ2) is 8.34. The van der Waals surface area contributed by atoms with E-state index in [-0.39, 0.29) is 5.82 Å². The number of aliphatic imine (C=N–C) groups is 1. The lowest BCUT2D eigenvalue weighted by atomic mass is 10.1. The third kappa shape index (κ3) is 4.23. The highest BCUT2D eigenvalue weighted by Crippen LogP contribution is 2.19. The molecule has 0 radical (unpaired) electrons. The van der Waals surface area contributed by atoms with Gasteiger partial charge in [0, 0.05) is 56.1 Å². The Morgan fingerprint density at radius 3 is 2.83 bits per heavy atom. The van der Waals surface area contributed by atoms with Crippen LogP contribution < -0.4 is 10.6 Å². The summed E-state index contributed by atoms with van der Waals surface area (Å²) in [5.41, 5.74) is 5.20. The summed E-state index contributed by atoms with van der Waals surface area (Å²) in [7, 11) is 1.76. The summed E-state index contributed by atoms with van der Waals surface area (Å²) < 4.78 is 15.4. The van der Waals surface area contributed by atoms with Crippen LogP contribution in [-0.4, -0.2) is 40.5 Å². The lowest BCUT2D eigenvalue weighted by molar-refractivity contribution is 0.629. The molecule has 0 aliphatic heterocycles. The van der Waals surface area contributed by atoms with E-state index in [1.54, 1.807) is 7.05 Å². The van der Waals surface area contributed by atoms with E-state index in [4.69, 9.17) is 4.98 Å². The number of H-pyrrole nitrogens is 1. The van der Waals surface area contributed by atoms with Crippen LogP contribution in [0.3, 0.4) is 0 Å². The molecule has 0 aliphatic carbocycles. The number of nitrogens with one attached hydrogen (secondary N) is 3. The van der Waals surface area contributed by atoms with Crippen molar-refractivity contribution >= 4 is 22.5 Å². The fraction of sp³-hybridized carbons (Fsp3) is 0.273. The molecule has 4 aromatic rings. The Morgan fingerprint density at radius 1 is 1.21 bits per heavy atom. The molecule has 0 saturated heterocycles. The van der Waals surface area contributed by atoms with Crippen molar-refractivity contribution in [2.24, 2.45) is 4.99 Å².